The van der Waals surface area contributed by atoms with Gasteiger partial charge in [-0.1, -0.05) is 117 Å². The summed E-state index contributed by atoms with van der Waals surface area (Å²) in [6.45, 7) is 4.42. The molecule has 0 aromatic carbocycles. The molecule has 176 valence electrons. The molecule has 0 fully saturated rings. The monoisotopic (exact) mass is 434 g/mol. The first kappa shape index (κ1) is 28.9. The van der Waals surface area contributed by atoms with Crippen molar-refractivity contribution < 1.29 is 18.1 Å². The van der Waals surface area contributed by atoms with Gasteiger partial charge >= 0.3 is 0 Å². The topological polar surface area (TPSA) is 74.6 Å². The molecule has 0 bridgehead atoms. The molecule has 5 heteroatoms. The molecular formula is C24H50O4S. The van der Waals surface area contributed by atoms with E-state index in [1.807, 2.05) is 0 Å². The van der Waals surface area contributed by atoms with Gasteiger partial charge in [-0.25, -0.2) is 0 Å². The third-order valence-corrected chi connectivity index (χ3v) is 7.32. The summed E-state index contributed by atoms with van der Waals surface area (Å²) in [7, 11) is -3.94. The van der Waals surface area contributed by atoms with Crippen molar-refractivity contribution in [3.05, 3.63) is 0 Å². The minimum absolute atomic E-state index is 0.216. The van der Waals surface area contributed by atoms with Crippen LogP contribution in [0.5, 0.6) is 0 Å². The second-order valence-electron chi connectivity index (χ2n) is 8.90. The Hall–Kier alpha value is -0.130. The van der Waals surface area contributed by atoms with Gasteiger partial charge in [-0.05, 0) is 25.7 Å². The zero-order chi connectivity index (χ0) is 21.8. The van der Waals surface area contributed by atoms with Crippen molar-refractivity contribution in [1.82, 2.24) is 0 Å². The molecule has 2 N–H and O–H groups in total. The maximum absolute atomic E-state index is 11.7. The highest BCUT2D eigenvalue weighted by Gasteiger charge is 2.21. The lowest BCUT2D eigenvalue weighted by Crippen LogP contribution is -2.20. The van der Waals surface area contributed by atoms with Gasteiger partial charge in [-0.3, -0.25) is 4.55 Å². The van der Waals surface area contributed by atoms with Gasteiger partial charge in [0.25, 0.3) is 10.1 Å². The second kappa shape index (κ2) is 19.8. The van der Waals surface area contributed by atoms with E-state index in [1.54, 1.807) is 0 Å². The summed E-state index contributed by atoms with van der Waals surface area (Å²) >= 11 is 0. The quantitative estimate of drug-likeness (QED) is 0.137. The average molecular weight is 435 g/mol. The summed E-state index contributed by atoms with van der Waals surface area (Å²) in [6, 6.07) is 0. The van der Waals surface area contributed by atoms with Gasteiger partial charge in [-0.2, -0.15) is 8.42 Å². The minimum atomic E-state index is -3.94. The van der Waals surface area contributed by atoms with Gasteiger partial charge in [0.15, 0.2) is 0 Å². The molecule has 2 unspecified atom stereocenters. The van der Waals surface area contributed by atoms with E-state index in [4.69, 9.17) is 0 Å². The van der Waals surface area contributed by atoms with Crippen LogP contribution in [0, 0.1) is 0 Å². The van der Waals surface area contributed by atoms with Crippen molar-refractivity contribution in [2.45, 2.75) is 154 Å². The van der Waals surface area contributed by atoms with E-state index >= 15 is 0 Å². The second-order valence-corrected chi connectivity index (χ2v) is 10.6. The molecule has 0 saturated carbocycles. The Morgan fingerprint density at radius 2 is 0.862 bits per heavy atom. The van der Waals surface area contributed by atoms with Crippen LogP contribution in [-0.2, 0) is 10.1 Å². The van der Waals surface area contributed by atoms with Gasteiger partial charge in [-0.15, -0.1) is 0 Å². The Balaban J connectivity index is 3.77. The molecular weight excluding hydrogens is 384 g/mol. The van der Waals surface area contributed by atoms with Gasteiger partial charge in [0.2, 0.25) is 0 Å². The van der Waals surface area contributed by atoms with E-state index in [0.717, 1.165) is 57.8 Å². The molecule has 0 aliphatic heterocycles. The molecule has 2 atom stereocenters. The van der Waals surface area contributed by atoms with E-state index in [-0.39, 0.29) is 6.10 Å². The molecule has 0 aliphatic carbocycles. The Labute approximate surface area is 182 Å². The molecule has 0 saturated heterocycles. The van der Waals surface area contributed by atoms with E-state index in [1.165, 1.54) is 57.8 Å². The lowest BCUT2D eigenvalue weighted by atomic mass is 10.0. The van der Waals surface area contributed by atoms with Crippen molar-refractivity contribution in [2.24, 2.45) is 0 Å². The van der Waals surface area contributed by atoms with Gasteiger partial charge in [0.05, 0.1) is 11.4 Å². The highest BCUT2D eigenvalue weighted by molar-refractivity contribution is 7.86. The summed E-state index contributed by atoms with van der Waals surface area (Å²) in [5.41, 5.74) is 0. The van der Waals surface area contributed by atoms with Crippen LogP contribution in [0.2, 0.25) is 0 Å². The SMILES string of the molecule is CCCCCCCCCCC(CCCCCC(O)CCCCCCC)S(=O)(=O)O. The Kier molecular flexibility index (Phi) is 19.7. The van der Waals surface area contributed by atoms with Crippen molar-refractivity contribution in [3.63, 3.8) is 0 Å². The van der Waals surface area contributed by atoms with Crippen molar-refractivity contribution >= 4 is 10.1 Å². The molecule has 0 spiro atoms. The largest absolute Gasteiger partial charge is 0.393 e. The van der Waals surface area contributed by atoms with Crippen LogP contribution < -0.4 is 0 Å². The predicted molar refractivity (Wildman–Crippen MR) is 125 cm³/mol. The fourth-order valence-electron chi connectivity index (χ4n) is 4.00. The first-order chi connectivity index (χ1) is 13.9. The molecule has 0 aromatic rings. The van der Waals surface area contributed by atoms with Crippen LogP contribution in [0.25, 0.3) is 0 Å². The van der Waals surface area contributed by atoms with Crippen molar-refractivity contribution in [3.8, 4) is 0 Å². The van der Waals surface area contributed by atoms with Crippen LogP contribution >= 0.6 is 0 Å². The summed E-state index contributed by atoms with van der Waals surface area (Å²) < 4.78 is 32.8. The first-order valence-corrected chi connectivity index (χ1v) is 14.1. The Bertz CT molecular complexity index is 436. The van der Waals surface area contributed by atoms with Crippen LogP contribution in [0.3, 0.4) is 0 Å². The number of aliphatic hydroxyl groups is 1. The number of rotatable bonds is 22. The maximum atomic E-state index is 11.7. The van der Waals surface area contributed by atoms with E-state index in [0.29, 0.717) is 12.8 Å². The number of unbranched alkanes of at least 4 members (excludes halogenated alkanes) is 13. The van der Waals surface area contributed by atoms with Crippen LogP contribution in [0.4, 0.5) is 0 Å². The highest BCUT2D eigenvalue weighted by Crippen LogP contribution is 2.20. The molecule has 0 aliphatic rings. The van der Waals surface area contributed by atoms with E-state index in [9.17, 15) is 18.1 Å². The lowest BCUT2D eigenvalue weighted by Gasteiger charge is -2.14. The average Bonchev–Trinajstić information content (AvgIpc) is 2.67. The number of hydrogen-bond acceptors (Lipinski definition) is 3. The number of aliphatic hydroxyl groups excluding tert-OH is 1. The Morgan fingerprint density at radius 1 is 0.552 bits per heavy atom. The minimum Gasteiger partial charge on any atom is -0.393 e. The first-order valence-electron chi connectivity index (χ1n) is 12.6. The summed E-state index contributed by atoms with van der Waals surface area (Å²) in [4.78, 5) is 0. The van der Waals surface area contributed by atoms with Crippen molar-refractivity contribution in [2.75, 3.05) is 0 Å². The molecule has 29 heavy (non-hydrogen) atoms. The van der Waals surface area contributed by atoms with Crippen molar-refractivity contribution in [1.29, 1.82) is 0 Å². The molecule has 0 amide bonds. The summed E-state index contributed by atoms with van der Waals surface area (Å²) in [6.07, 6.45) is 20.9. The fraction of sp³-hybridized carbons (Fsp3) is 1.00. The zero-order valence-electron chi connectivity index (χ0n) is 19.4. The smallest absolute Gasteiger partial charge is 0.267 e. The molecule has 0 rings (SSSR count). The normalized spacial score (nSPS) is 14.2. The summed E-state index contributed by atoms with van der Waals surface area (Å²) in [5, 5.41) is 9.44. The van der Waals surface area contributed by atoms with Gasteiger partial charge in [0.1, 0.15) is 0 Å². The zero-order valence-corrected chi connectivity index (χ0v) is 20.2. The third kappa shape index (κ3) is 19.6. The predicted octanol–water partition coefficient (Wildman–Crippen LogP) is 7.45. The summed E-state index contributed by atoms with van der Waals surface area (Å²) in [5.74, 6) is 0. The standard InChI is InChI=1S/C24H50O4S/c1-3-5-7-9-10-11-13-17-21-24(29(26,27)28)22-18-14-16-20-23(25)19-15-12-8-6-4-2/h23-25H,3-22H2,1-2H3,(H,26,27,28). The maximum Gasteiger partial charge on any atom is 0.267 e. The van der Waals surface area contributed by atoms with E-state index in [2.05, 4.69) is 13.8 Å². The van der Waals surface area contributed by atoms with Gasteiger partial charge < -0.3 is 5.11 Å². The number of hydrogen-bond donors (Lipinski definition) is 2. The van der Waals surface area contributed by atoms with Crippen LogP contribution in [-0.4, -0.2) is 29.4 Å². The fourth-order valence-corrected chi connectivity index (χ4v) is 4.93. The molecule has 0 aromatic heterocycles. The lowest BCUT2D eigenvalue weighted by molar-refractivity contribution is 0.147. The molecule has 0 heterocycles. The molecule has 4 nitrogen and oxygen atoms in total. The third-order valence-electron chi connectivity index (χ3n) is 6.01. The van der Waals surface area contributed by atoms with Gasteiger partial charge in [0, 0.05) is 0 Å². The van der Waals surface area contributed by atoms with E-state index < -0.39 is 15.4 Å². The Morgan fingerprint density at radius 3 is 1.24 bits per heavy atom. The van der Waals surface area contributed by atoms with Crippen LogP contribution in [0.15, 0.2) is 0 Å². The van der Waals surface area contributed by atoms with Crippen LogP contribution in [0.1, 0.15) is 142 Å². The molecule has 0 radical (unpaired) electrons. The highest BCUT2D eigenvalue weighted by atomic mass is 32.2.